The lowest BCUT2D eigenvalue weighted by Crippen LogP contribution is -2.56. The molecule has 3 N–H and O–H groups in total. The van der Waals surface area contributed by atoms with E-state index in [1.807, 2.05) is 36.4 Å². The zero-order valence-corrected chi connectivity index (χ0v) is 29.5. The number of imide groups is 2. The lowest BCUT2D eigenvalue weighted by Gasteiger charge is -2.22. The van der Waals surface area contributed by atoms with E-state index in [-0.39, 0.29) is 59.1 Å². The highest BCUT2D eigenvalue weighted by atomic mass is 19.4. The van der Waals surface area contributed by atoms with Gasteiger partial charge >= 0.3 is 6.18 Å². The Kier molecular flexibility index (Phi) is 12.1. The van der Waals surface area contributed by atoms with E-state index >= 15 is 0 Å². The Morgan fingerprint density at radius 3 is 1.63 bits per heavy atom. The van der Waals surface area contributed by atoms with Crippen LogP contribution in [0.4, 0.5) is 13.2 Å². The first-order valence-corrected chi connectivity index (χ1v) is 17.2. The Hall–Kier alpha value is -4.58. The Labute approximate surface area is 296 Å². The number of quaternary nitrogens is 1. The first-order valence-electron chi connectivity index (χ1n) is 17.2. The molecule has 2 saturated heterocycles. The highest BCUT2D eigenvalue weighted by Crippen LogP contribution is 2.55. The van der Waals surface area contributed by atoms with Gasteiger partial charge in [0.05, 0.1) is 36.8 Å². The molecule has 274 valence electrons. The van der Waals surface area contributed by atoms with Crippen molar-refractivity contribution < 1.29 is 48.0 Å². The minimum Gasteiger partial charge on any atom is -0.542 e. The van der Waals surface area contributed by atoms with Crippen LogP contribution in [0.5, 0.6) is 0 Å². The van der Waals surface area contributed by atoms with Gasteiger partial charge in [-0.3, -0.25) is 29.0 Å². The van der Waals surface area contributed by atoms with Gasteiger partial charge in [-0.1, -0.05) is 112 Å². The third-order valence-electron chi connectivity index (χ3n) is 9.93. The van der Waals surface area contributed by atoms with Crippen LogP contribution in [-0.2, 0) is 24.0 Å². The summed E-state index contributed by atoms with van der Waals surface area (Å²) in [5.41, 5.74) is 7.03. The summed E-state index contributed by atoms with van der Waals surface area (Å²) in [5, 5.41) is 8.78. The molecule has 2 saturated carbocycles. The molecule has 8 atom stereocenters. The van der Waals surface area contributed by atoms with E-state index in [2.05, 4.69) is 70.4 Å². The lowest BCUT2D eigenvalue weighted by molar-refractivity contribution is -0.367. The summed E-state index contributed by atoms with van der Waals surface area (Å²) in [6, 6.07) is 9.97. The van der Waals surface area contributed by atoms with Crippen molar-refractivity contribution in [1.29, 1.82) is 0 Å². The molecule has 4 fully saturated rings. The van der Waals surface area contributed by atoms with E-state index in [1.54, 1.807) is 13.1 Å². The molecule has 1 aromatic carbocycles. The van der Waals surface area contributed by atoms with Crippen molar-refractivity contribution in [2.24, 2.45) is 59.2 Å². The van der Waals surface area contributed by atoms with Crippen LogP contribution < -0.4 is 10.8 Å². The van der Waals surface area contributed by atoms with Crippen LogP contribution in [0.2, 0.25) is 0 Å². The number of likely N-dealkylation sites (tertiary alicyclic amines) is 2. The van der Waals surface area contributed by atoms with E-state index in [4.69, 9.17) is 9.90 Å². The minimum atomic E-state index is -5.19. The largest absolute Gasteiger partial charge is 0.542 e. The van der Waals surface area contributed by atoms with Crippen molar-refractivity contribution >= 4 is 35.7 Å². The number of fused-ring (bicyclic) bond motifs is 2. The maximum absolute atomic E-state index is 13.9. The van der Waals surface area contributed by atoms with Crippen molar-refractivity contribution in [2.75, 3.05) is 20.1 Å². The number of amides is 4. The second-order valence-electron chi connectivity index (χ2n) is 14.1. The number of carboxylic acids is 1. The number of benzene rings is 1. The van der Waals surface area contributed by atoms with Gasteiger partial charge in [0.15, 0.2) is 0 Å². The number of aliphatic carboxylic acids is 1. The van der Waals surface area contributed by atoms with Crippen LogP contribution in [-0.4, -0.2) is 65.7 Å². The van der Waals surface area contributed by atoms with Crippen molar-refractivity contribution in [3.63, 3.8) is 0 Å². The molecule has 1 aromatic rings. The zero-order chi connectivity index (χ0) is 37.9. The molecule has 4 aliphatic rings. The normalized spacial score (nSPS) is 30.8. The number of hydrogen-bond acceptors (Lipinski definition) is 6. The number of carboxylic acid groups (broad SMARTS) is 1. The van der Waals surface area contributed by atoms with Gasteiger partial charge in [-0.25, -0.2) is 0 Å². The Balaban J connectivity index is 0.000000755. The number of carbonyl (C=O) groups excluding carboxylic acids is 5. The number of halogens is 3. The summed E-state index contributed by atoms with van der Waals surface area (Å²) >= 11 is 0. The fraction of sp³-hybridized carbons (Fsp3) is 0.462. The smallest absolute Gasteiger partial charge is 0.430 e. The highest BCUT2D eigenvalue weighted by Gasteiger charge is 2.61. The first-order chi connectivity index (χ1) is 24.0. The predicted molar refractivity (Wildman–Crippen MR) is 182 cm³/mol. The van der Waals surface area contributed by atoms with Gasteiger partial charge in [-0.05, 0) is 17.4 Å². The molecule has 0 spiro atoms. The van der Waals surface area contributed by atoms with E-state index in [0.29, 0.717) is 13.1 Å². The average Bonchev–Trinajstić information content (AvgIpc) is 3.68. The van der Waals surface area contributed by atoms with E-state index in [9.17, 15) is 32.3 Å². The maximum atomic E-state index is 13.9. The topological polar surface area (TPSA) is 143 Å². The molecule has 12 heteroatoms. The number of rotatable bonds is 9. The van der Waals surface area contributed by atoms with Gasteiger partial charge in [-0.15, -0.1) is 6.58 Å². The Morgan fingerprint density at radius 1 is 0.804 bits per heavy atom. The Morgan fingerprint density at radius 2 is 1.22 bits per heavy atom. The van der Waals surface area contributed by atoms with Gasteiger partial charge in [0.2, 0.25) is 23.6 Å². The molecule has 5 rings (SSSR count). The first kappa shape index (κ1) is 39.2. The standard InChI is InChI=1S/C37H45N3O4.C2HF3O2/c1-7-24-28(19-21(2)3)26(31-30(24)34(41)39(6)35(31)42)15-16-27-29(20-22(4)5)25(14-13-23-11-9-8-10-12-23)32-33(27)37(44)40(18-17-38)36(32)43;3-2(4,5)1(6)7/h7-16,19-22,24-27,30-33H,1,17-18,38H2,2-6H3;(H,6,7)/b14-13?,16-15-,28-19+,29-20-;/t24-,25+,26+,27-,30+,31-,32-,33+;/m0./s1. The second kappa shape index (κ2) is 15.8. The average molecular weight is 710 g/mol. The third kappa shape index (κ3) is 7.85. The van der Waals surface area contributed by atoms with E-state index < -0.39 is 35.8 Å². The quantitative estimate of drug-likeness (QED) is 0.308. The van der Waals surface area contributed by atoms with E-state index in [1.165, 1.54) is 9.80 Å². The third-order valence-corrected chi connectivity index (χ3v) is 9.93. The molecule has 9 nitrogen and oxygen atoms in total. The van der Waals surface area contributed by atoms with Gasteiger partial charge < -0.3 is 15.6 Å². The molecule has 2 aliphatic heterocycles. The summed E-state index contributed by atoms with van der Waals surface area (Å²) < 4.78 is 31.5. The van der Waals surface area contributed by atoms with Crippen molar-refractivity contribution in [3.05, 3.63) is 90.1 Å². The molecule has 0 radical (unpaired) electrons. The number of nitrogens with zero attached hydrogens (tertiary/aromatic N) is 2. The van der Waals surface area contributed by atoms with Crippen LogP contribution >= 0.6 is 0 Å². The van der Waals surface area contributed by atoms with Gasteiger partial charge in [0, 0.05) is 30.7 Å². The SMILES string of the molecule is C=C[C@H]1/C(=C\C(C)C)[C@@H](/C=C\[C@H]2/C(=C\C(C)C)[C@@H](C=Cc3ccccc3)[C@@H]3C(=O)N(CC[NH3+])C(=O)[C@@H]32)[C@@H]2C(=O)N(C)C(=O)[C@@H]21.O=C([O-])C(F)(F)F. The van der Waals surface area contributed by atoms with Crippen LogP contribution in [0.15, 0.2) is 84.5 Å². The summed E-state index contributed by atoms with van der Waals surface area (Å²) in [6.07, 6.45) is 9.23. The number of alkyl halides is 3. The molecule has 0 bridgehead atoms. The van der Waals surface area contributed by atoms with Crippen molar-refractivity contribution in [2.45, 2.75) is 33.9 Å². The molecular weight excluding hydrogens is 663 g/mol. The maximum Gasteiger partial charge on any atom is 0.430 e. The fourth-order valence-corrected chi connectivity index (χ4v) is 8.01. The fourth-order valence-electron chi connectivity index (χ4n) is 8.01. The number of hydrogen-bond donors (Lipinski definition) is 1. The van der Waals surface area contributed by atoms with E-state index in [0.717, 1.165) is 16.7 Å². The predicted octanol–water partition coefficient (Wildman–Crippen LogP) is 3.47. The molecule has 2 heterocycles. The molecule has 4 amide bonds. The van der Waals surface area contributed by atoms with Gasteiger partial charge in [0.25, 0.3) is 0 Å². The molecular formula is C39H46F3N3O6. The highest BCUT2D eigenvalue weighted by molar-refractivity contribution is 6.07. The van der Waals surface area contributed by atoms with Gasteiger partial charge in [0.1, 0.15) is 5.97 Å². The number of carbonyl (C=O) groups is 5. The molecule has 51 heavy (non-hydrogen) atoms. The summed E-state index contributed by atoms with van der Waals surface area (Å²) in [5.74, 6) is -6.32. The van der Waals surface area contributed by atoms with Crippen LogP contribution in [0, 0.1) is 59.2 Å². The summed E-state index contributed by atoms with van der Waals surface area (Å²) in [6.45, 7) is 13.2. The molecule has 0 unspecified atom stereocenters. The lowest BCUT2D eigenvalue weighted by atomic mass is 9.84. The number of allylic oxidation sites excluding steroid dienone is 8. The van der Waals surface area contributed by atoms with Crippen molar-refractivity contribution in [1.82, 2.24) is 9.80 Å². The van der Waals surface area contributed by atoms with Crippen LogP contribution in [0.3, 0.4) is 0 Å². The van der Waals surface area contributed by atoms with Gasteiger partial charge in [-0.2, -0.15) is 13.2 Å². The monoisotopic (exact) mass is 709 g/mol. The van der Waals surface area contributed by atoms with Crippen molar-refractivity contribution in [3.8, 4) is 0 Å². The molecule has 2 aliphatic carbocycles. The summed E-state index contributed by atoms with van der Waals surface area (Å²) in [7, 11) is 1.56. The zero-order valence-electron chi connectivity index (χ0n) is 29.5. The summed E-state index contributed by atoms with van der Waals surface area (Å²) in [4.78, 5) is 65.9. The minimum absolute atomic E-state index is 0.136. The second-order valence-corrected chi connectivity index (χ2v) is 14.1. The van der Waals surface area contributed by atoms with Crippen LogP contribution in [0.25, 0.3) is 6.08 Å². The van der Waals surface area contributed by atoms with Crippen LogP contribution in [0.1, 0.15) is 33.3 Å². The molecule has 0 aromatic heterocycles. The Bertz CT molecular complexity index is 1660.